The third kappa shape index (κ3) is 4.50. The Labute approximate surface area is 181 Å². The Bertz CT molecular complexity index is 1010. The second-order valence-electron chi connectivity index (χ2n) is 8.66. The van der Waals surface area contributed by atoms with Gasteiger partial charge in [0.2, 0.25) is 0 Å². The number of anilines is 1. The van der Waals surface area contributed by atoms with E-state index in [0.717, 1.165) is 17.7 Å². The number of ether oxygens (including phenoxy) is 2. The van der Waals surface area contributed by atoms with E-state index < -0.39 is 5.82 Å². The highest BCUT2D eigenvalue weighted by atomic mass is 19.1. The van der Waals surface area contributed by atoms with Crippen molar-refractivity contribution in [3.63, 3.8) is 0 Å². The molecule has 0 aliphatic carbocycles. The molecule has 2 heterocycles. The van der Waals surface area contributed by atoms with Crippen molar-refractivity contribution in [2.24, 2.45) is 0 Å². The molecule has 31 heavy (non-hydrogen) atoms. The molecule has 1 amide bonds. The minimum absolute atomic E-state index is 0.0675. The first kappa shape index (κ1) is 21.2. The molecule has 0 radical (unpaired) electrons. The third-order valence-electron chi connectivity index (χ3n) is 5.73. The van der Waals surface area contributed by atoms with Crippen LogP contribution in [0.15, 0.2) is 36.4 Å². The summed E-state index contributed by atoms with van der Waals surface area (Å²) in [5, 5.41) is 0. The molecule has 0 unspecified atom stereocenters. The molecule has 1 saturated heterocycles. The average Bonchev–Trinajstić information content (AvgIpc) is 3.06. The zero-order valence-electron chi connectivity index (χ0n) is 18.1. The number of rotatable bonds is 5. The van der Waals surface area contributed by atoms with Crippen LogP contribution >= 0.6 is 0 Å². The molecule has 0 aromatic heterocycles. The molecule has 4 rings (SSSR count). The number of carbonyl (C=O) groups is 2. The molecular formula is C24H27FN2O4. The molecule has 7 heteroatoms. The van der Waals surface area contributed by atoms with Gasteiger partial charge in [-0.05, 0) is 45.0 Å². The van der Waals surface area contributed by atoms with Gasteiger partial charge in [-0.25, -0.2) is 4.39 Å². The van der Waals surface area contributed by atoms with Crippen molar-refractivity contribution in [1.82, 2.24) is 4.90 Å². The highest BCUT2D eigenvalue weighted by Crippen LogP contribution is 2.41. The number of carbonyl (C=O) groups excluding carboxylic acids is 2. The van der Waals surface area contributed by atoms with Crippen LogP contribution in [-0.4, -0.2) is 55.0 Å². The van der Waals surface area contributed by atoms with Crippen molar-refractivity contribution < 1.29 is 23.5 Å². The molecule has 0 bridgehead atoms. The van der Waals surface area contributed by atoms with E-state index in [2.05, 4.69) is 0 Å². The van der Waals surface area contributed by atoms with Gasteiger partial charge < -0.3 is 19.3 Å². The number of hydrogen-bond donors (Lipinski definition) is 0. The maximum absolute atomic E-state index is 14.4. The van der Waals surface area contributed by atoms with Gasteiger partial charge in [-0.15, -0.1) is 0 Å². The lowest BCUT2D eigenvalue weighted by Gasteiger charge is -2.36. The van der Waals surface area contributed by atoms with Crippen LogP contribution in [0.5, 0.6) is 11.5 Å². The van der Waals surface area contributed by atoms with Crippen LogP contribution in [0.1, 0.15) is 36.7 Å². The summed E-state index contributed by atoms with van der Waals surface area (Å²) in [6.45, 7) is 7.38. The molecule has 1 fully saturated rings. The molecule has 0 spiro atoms. The van der Waals surface area contributed by atoms with Gasteiger partial charge in [0.25, 0.3) is 5.91 Å². The largest absolute Gasteiger partial charge is 0.483 e. The Morgan fingerprint density at radius 1 is 1.13 bits per heavy atom. The smallest absolute Gasteiger partial charge is 0.260 e. The first-order valence-electron chi connectivity index (χ1n) is 10.5. The number of ketones is 1. The minimum atomic E-state index is -0.420. The summed E-state index contributed by atoms with van der Waals surface area (Å²) in [6.07, 6.45) is 0.805. The zero-order chi connectivity index (χ0) is 22.2. The van der Waals surface area contributed by atoms with Gasteiger partial charge in [-0.3, -0.25) is 9.59 Å². The summed E-state index contributed by atoms with van der Waals surface area (Å²) in [7, 11) is 0. The average molecular weight is 426 g/mol. The van der Waals surface area contributed by atoms with E-state index in [1.807, 2.05) is 36.9 Å². The molecule has 2 aliphatic heterocycles. The van der Waals surface area contributed by atoms with Gasteiger partial charge in [0.05, 0.1) is 5.69 Å². The first-order chi connectivity index (χ1) is 14.7. The Morgan fingerprint density at radius 2 is 1.87 bits per heavy atom. The van der Waals surface area contributed by atoms with Crippen molar-refractivity contribution in [2.75, 3.05) is 37.7 Å². The normalized spacial score (nSPS) is 17.2. The van der Waals surface area contributed by atoms with Gasteiger partial charge >= 0.3 is 0 Å². The number of hydrogen-bond acceptors (Lipinski definition) is 5. The fourth-order valence-electron chi connectivity index (χ4n) is 4.11. The highest BCUT2D eigenvalue weighted by Gasteiger charge is 2.32. The predicted molar refractivity (Wildman–Crippen MR) is 116 cm³/mol. The van der Waals surface area contributed by atoms with Gasteiger partial charge in [0, 0.05) is 43.7 Å². The molecule has 6 nitrogen and oxygen atoms in total. The Morgan fingerprint density at radius 3 is 2.55 bits per heavy atom. The monoisotopic (exact) mass is 426 g/mol. The summed E-state index contributed by atoms with van der Waals surface area (Å²) in [5.74, 6) is 0.606. The predicted octanol–water partition coefficient (Wildman–Crippen LogP) is 3.47. The summed E-state index contributed by atoms with van der Waals surface area (Å²) in [5.41, 5.74) is 1.61. The maximum Gasteiger partial charge on any atom is 0.260 e. The third-order valence-corrected chi connectivity index (χ3v) is 5.73. The lowest BCUT2D eigenvalue weighted by Crippen LogP contribution is -2.50. The van der Waals surface area contributed by atoms with E-state index in [0.29, 0.717) is 43.2 Å². The van der Waals surface area contributed by atoms with Crippen LogP contribution in [0.4, 0.5) is 10.1 Å². The van der Waals surface area contributed by atoms with Gasteiger partial charge in [0.15, 0.2) is 23.9 Å². The zero-order valence-corrected chi connectivity index (χ0v) is 18.1. The molecule has 0 saturated carbocycles. The van der Waals surface area contributed by atoms with Crippen LogP contribution < -0.4 is 14.4 Å². The summed E-state index contributed by atoms with van der Waals surface area (Å²) in [4.78, 5) is 27.7. The van der Waals surface area contributed by atoms with Crippen molar-refractivity contribution in [1.29, 1.82) is 0 Å². The molecular weight excluding hydrogens is 399 g/mol. The molecule has 2 aromatic rings. The second kappa shape index (κ2) is 8.21. The number of halogens is 1. The summed E-state index contributed by atoms with van der Waals surface area (Å²) in [6, 6.07) is 10.3. The van der Waals surface area contributed by atoms with Gasteiger partial charge in [0.1, 0.15) is 11.4 Å². The van der Waals surface area contributed by atoms with Gasteiger partial charge in [-0.1, -0.05) is 12.1 Å². The van der Waals surface area contributed by atoms with Crippen molar-refractivity contribution in [2.45, 2.75) is 32.8 Å². The Balaban J connectivity index is 1.33. The van der Waals surface area contributed by atoms with Crippen molar-refractivity contribution >= 4 is 17.4 Å². The lowest BCUT2D eigenvalue weighted by atomic mass is 10.0. The quantitative estimate of drug-likeness (QED) is 0.686. The number of nitrogens with zero attached hydrogens (tertiary/aromatic N) is 2. The molecule has 2 aromatic carbocycles. The van der Waals surface area contributed by atoms with E-state index in [9.17, 15) is 14.0 Å². The minimum Gasteiger partial charge on any atom is -0.483 e. The first-order valence-corrected chi connectivity index (χ1v) is 10.5. The van der Waals surface area contributed by atoms with Crippen molar-refractivity contribution in [3.8, 4) is 11.5 Å². The number of amides is 1. The Kier molecular flexibility index (Phi) is 5.60. The second-order valence-corrected chi connectivity index (χ2v) is 8.66. The van der Waals surface area contributed by atoms with Crippen LogP contribution in [0.2, 0.25) is 0 Å². The highest BCUT2D eigenvalue weighted by molar-refractivity contribution is 5.94. The van der Waals surface area contributed by atoms with Crippen molar-refractivity contribution in [3.05, 3.63) is 53.3 Å². The maximum atomic E-state index is 14.4. The topological polar surface area (TPSA) is 59.1 Å². The van der Waals surface area contributed by atoms with Crippen LogP contribution in [0.25, 0.3) is 0 Å². The standard InChI is InChI=1S/C24H27FN2O4/c1-16(28)17-7-8-20(19(25)13-17)26-9-11-27(12-10-26)22(29)15-30-21-6-4-5-18-14-24(2,3)31-23(18)21/h4-8,13H,9-12,14-15H2,1-3H3. The SMILES string of the molecule is CC(=O)c1ccc(N2CCN(C(=O)COc3cccc4c3OC(C)(C)C4)CC2)c(F)c1. The van der Waals surface area contributed by atoms with Crippen LogP contribution in [0, 0.1) is 5.82 Å². The summed E-state index contributed by atoms with van der Waals surface area (Å²) < 4.78 is 26.2. The van der Waals surface area contributed by atoms with Crippen LogP contribution in [-0.2, 0) is 11.2 Å². The number of Topliss-reactive ketones (excluding diaryl/α,β-unsaturated/α-hetero) is 1. The number of benzene rings is 2. The van der Waals surface area contributed by atoms with E-state index in [1.54, 1.807) is 17.0 Å². The number of para-hydroxylation sites is 1. The fraction of sp³-hybridized carbons (Fsp3) is 0.417. The molecule has 0 N–H and O–H groups in total. The molecule has 164 valence electrons. The van der Waals surface area contributed by atoms with Crippen LogP contribution in [0.3, 0.4) is 0 Å². The fourth-order valence-corrected chi connectivity index (χ4v) is 4.11. The molecule has 2 aliphatic rings. The Hall–Kier alpha value is -3.09. The van der Waals surface area contributed by atoms with E-state index in [1.165, 1.54) is 13.0 Å². The number of fused-ring (bicyclic) bond motifs is 1. The van der Waals surface area contributed by atoms with E-state index >= 15 is 0 Å². The van der Waals surface area contributed by atoms with Gasteiger partial charge in [-0.2, -0.15) is 0 Å². The van der Waals surface area contributed by atoms with E-state index in [-0.39, 0.29) is 23.9 Å². The van der Waals surface area contributed by atoms with E-state index in [4.69, 9.17) is 9.47 Å². The summed E-state index contributed by atoms with van der Waals surface area (Å²) >= 11 is 0. The molecule has 0 atom stereocenters. The number of piperazine rings is 1. The lowest BCUT2D eigenvalue weighted by molar-refractivity contribution is -0.133.